The van der Waals surface area contributed by atoms with Gasteiger partial charge in [-0.1, -0.05) is 36.7 Å². The van der Waals surface area contributed by atoms with E-state index >= 15 is 0 Å². The van der Waals surface area contributed by atoms with Crippen LogP contribution in [0.2, 0.25) is 5.02 Å². The van der Waals surface area contributed by atoms with Crippen LogP contribution < -0.4 is 4.90 Å². The zero-order chi connectivity index (χ0) is 24.3. The number of aromatic nitrogens is 2. The third kappa shape index (κ3) is 5.59. The van der Waals surface area contributed by atoms with Gasteiger partial charge in [-0.2, -0.15) is 13.2 Å². The molecule has 4 rings (SSSR count). The van der Waals surface area contributed by atoms with Gasteiger partial charge in [-0.25, -0.2) is 0 Å². The monoisotopic (exact) mass is 492 g/mol. The van der Waals surface area contributed by atoms with Gasteiger partial charge in [-0.15, -0.1) is 10.2 Å². The number of carbonyl (C=O) groups is 1. The third-order valence-electron chi connectivity index (χ3n) is 5.98. The molecule has 1 aromatic heterocycles. The van der Waals surface area contributed by atoms with Crippen LogP contribution in [0.3, 0.4) is 0 Å². The maximum Gasteiger partial charge on any atom is 0.470 e. The van der Waals surface area contributed by atoms with Crippen LogP contribution in [0, 0.1) is 5.92 Å². The highest BCUT2D eigenvalue weighted by molar-refractivity contribution is 6.30. The summed E-state index contributed by atoms with van der Waals surface area (Å²) in [5, 5.41) is 7.07. The summed E-state index contributed by atoms with van der Waals surface area (Å²) in [7, 11) is 0. The van der Waals surface area contributed by atoms with E-state index in [1.807, 2.05) is 6.07 Å². The Kier molecular flexibility index (Phi) is 7.23. The number of anilines is 1. The lowest BCUT2D eigenvalue weighted by atomic mass is 9.94. The molecule has 2 heterocycles. The number of hydrogen-bond donors (Lipinski definition) is 0. The second-order valence-corrected chi connectivity index (χ2v) is 8.66. The summed E-state index contributed by atoms with van der Waals surface area (Å²) >= 11 is 6.19. The Morgan fingerprint density at radius 1 is 1.15 bits per heavy atom. The molecule has 0 N–H and O–H groups in total. The van der Waals surface area contributed by atoms with E-state index in [1.165, 1.54) is 0 Å². The lowest BCUT2D eigenvalue weighted by molar-refractivity contribution is -0.157. The van der Waals surface area contributed by atoms with Gasteiger partial charge < -0.3 is 14.2 Å². The Labute approximate surface area is 200 Å². The SMILES string of the molecule is CCN1CCC(C(=O)N(Cc2ccc(-c3nnc(C(F)(F)F)o3)cc2)c2cccc(Cl)c2)CC1. The highest BCUT2D eigenvalue weighted by atomic mass is 35.5. The van der Waals surface area contributed by atoms with E-state index in [0.717, 1.165) is 38.0 Å². The summed E-state index contributed by atoms with van der Waals surface area (Å²) < 4.78 is 43.0. The molecular weight excluding hydrogens is 469 g/mol. The maximum absolute atomic E-state index is 13.5. The zero-order valence-corrected chi connectivity index (χ0v) is 19.3. The van der Waals surface area contributed by atoms with Crippen molar-refractivity contribution >= 4 is 23.2 Å². The van der Waals surface area contributed by atoms with Crippen LogP contribution >= 0.6 is 11.6 Å². The fourth-order valence-electron chi connectivity index (χ4n) is 4.05. The number of amides is 1. The number of rotatable bonds is 6. The van der Waals surface area contributed by atoms with Crippen molar-refractivity contribution in [3.05, 3.63) is 65.0 Å². The van der Waals surface area contributed by atoms with Crippen LogP contribution in [0.25, 0.3) is 11.5 Å². The summed E-state index contributed by atoms with van der Waals surface area (Å²) in [6, 6.07) is 13.8. The second kappa shape index (κ2) is 10.1. The molecule has 0 radical (unpaired) electrons. The Bertz CT molecular complexity index is 1130. The molecule has 34 heavy (non-hydrogen) atoms. The number of hydrogen-bond acceptors (Lipinski definition) is 5. The van der Waals surface area contributed by atoms with Gasteiger partial charge in [0.05, 0.1) is 6.54 Å². The summed E-state index contributed by atoms with van der Waals surface area (Å²) in [6.07, 6.45) is -3.11. The topological polar surface area (TPSA) is 62.5 Å². The predicted octanol–water partition coefficient (Wildman–Crippen LogP) is 5.67. The molecule has 1 aliphatic rings. The Hall–Kier alpha value is -2.91. The normalized spacial score (nSPS) is 15.4. The van der Waals surface area contributed by atoms with Gasteiger partial charge in [0.25, 0.3) is 0 Å². The minimum atomic E-state index is -4.70. The quantitative estimate of drug-likeness (QED) is 0.443. The lowest BCUT2D eigenvalue weighted by Crippen LogP contribution is -2.42. The van der Waals surface area contributed by atoms with Crippen molar-refractivity contribution in [2.75, 3.05) is 24.5 Å². The molecule has 2 aromatic carbocycles. The highest BCUT2D eigenvalue weighted by Crippen LogP contribution is 2.31. The molecule has 0 unspecified atom stereocenters. The number of alkyl halides is 3. The van der Waals surface area contributed by atoms with E-state index in [2.05, 4.69) is 22.0 Å². The van der Waals surface area contributed by atoms with Crippen molar-refractivity contribution in [3.8, 4) is 11.5 Å². The Balaban J connectivity index is 1.54. The van der Waals surface area contributed by atoms with E-state index in [0.29, 0.717) is 22.8 Å². The van der Waals surface area contributed by atoms with Crippen molar-refractivity contribution in [2.24, 2.45) is 5.92 Å². The van der Waals surface area contributed by atoms with Crippen LogP contribution in [-0.4, -0.2) is 40.6 Å². The van der Waals surface area contributed by atoms with E-state index < -0.39 is 12.1 Å². The molecule has 0 atom stereocenters. The van der Waals surface area contributed by atoms with Crippen LogP contribution in [0.4, 0.5) is 18.9 Å². The number of nitrogens with zero attached hydrogens (tertiary/aromatic N) is 4. The maximum atomic E-state index is 13.5. The van der Waals surface area contributed by atoms with Crippen molar-refractivity contribution in [1.82, 2.24) is 15.1 Å². The number of halogens is 4. The van der Waals surface area contributed by atoms with Gasteiger partial charge >= 0.3 is 12.1 Å². The molecule has 6 nitrogen and oxygen atoms in total. The summed E-state index contributed by atoms with van der Waals surface area (Å²) in [5.74, 6) is -1.66. The Morgan fingerprint density at radius 3 is 2.44 bits per heavy atom. The van der Waals surface area contributed by atoms with E-state index in [1.54, 1.807) is 47.4 Å². The van der Waals surface area contributed by atoms with Crippen molar-refractivity contribution in [2.45, 2.75) is 32.5 Å². The summed E-state index contributed by atoms with van der Waals surface area (Å²) in [4.78, 5) is 17.6. The zero-order valence-electron chi connectivity index (χ0n) is 18.6. The molecule has 10 heteroatoms. The molecule has 1 aliphatic heterocycles. The summed E-state index contributed by atoms with van der Waals surface area (Å²) in [6.45, 7) is 5.15. The van der Waals surface area contributed by atoms with E-state index in [4.69, 9.17) is 16.0 Å². The number of piperidine rings is 1. The standard InChI is InChI=1S/C24H24ClF3N4O2/c1-2-31-12-10-18(11-13-31)22(33)32(20-5-3-4-19(25)14-20)15-16-6-8-17(9-7-16)21-29-30-23(34-21)24(26,27)28/h3-9,14,18H,2,10-13,15H2,1H3. The highest BCUT2D eigenvalue weighted by Gasteiger charge is 2.38. The first kappa shape index (κ1) is 24.2. The van der Waals surface area contributed by atoms with Gasteiger partial charge in [0.2, 0.25) is 11.8 Å². The average Bonchev–Trinajstić information content (AvgIpc) is 3.34. The van der Waals surface area contributed by atoms with Gasteiger partial charge in [-0.3, -0.25) is 4.79 Å². The van der Waals surface area contributed by atoms with E-state index in [9.17, 15) is 18.0 Å². The number of likely N-dealkylation sites (tertiary alicyclic amines) is 1. The van der Waals surface area contributed by atoms with Gasteiger partial charge in [0, 0.05) is 22.2 Å². The second-order valence-electron chi connectivity index (χ2n) is 8.22. The summed E-state index contributed by atoms with van der Waals surface area (Å²) in [5.41, 5.74) is 1.86. The van der Waals surface area contributed by atoms with Crippen LogP contribution in [0.15, 0.2) is 52.9 Å². The average molecular weight is 493 g/mol. The molecular formula is C24H24ClF3N4O2. The van der Waals surface area contributed by atoms with Gasteiger partial charge in [0.15, 0.2) is 0 Å². The van der Waals surface area contributed by atoms with E-state index in [-0.39, 0.29) is 17.7 Å². The molecule has 1 amide bonds. The third-order valence-corrected chi connectivity index (χ3v) is 6.21. The minimum absolute atomic E-state index is 0.0359. The Morgan fingerprint density at radius 2 is 1.85 bits per heavy atom. The van der Waals surface area contributed by atoms with Crippen LogP contribution in [-0.2, 0) is 17.5 Å². The first-order valence-corrected chi connectivity index (χ1v) is 11.4. The number of benzene rings is 2. The lowest BCUT2D eigenvalue weighted by Gasteiger charge is -2.34. The molecule has 0 saturated carbocycles. The van der Waals surface area contributed by atoms with Gasteiger partial charge in [0.1, 0.15) is 0 Å². The fourth-order valence-corrected chi connectivity index (χ4v) is 4.23. The molecule has 1 saturated heterocycles. The van der Waals surface area contributed by atoms with Crippen molar-refractivity contribution in [1.29, 1.82) is 0 Å². The van der Waals surface area contributed by atoms with Crippen molar-refractivity contribution < 1.29 is 22.4 Å². The predicted molar refractivity (Wildman–Crippen MR) is 122 cm³/mol. The molecule has 0 aliphatic carbocycles. The largest absolute Gasteiger partial charge is 0.470 e. The molecule has 1 fully saturated rings. The first-order valence-electron chi connectivity index (χ1n) is 11.0. The van der Waals surface area contributed by atoms with Crippen molar-refractivity contribution in [3.63, 3.8) is 0 Å². The van der Waals surface area contributed by atoms with Crippen LogP contribution in [0.5, 0.6) is 0 Å². The smallest absolute Gasteiger partial charge is 0.413 e. The molecule has 180 valence electrons. The molecule has 3 aromatic rings. The van der Waals surface area contributed by atoms with Gasteiger partial charge in [-0.05, 0) is 68.4 Å². The first-order chi connectivity index (χ1) is 16.2. The molecule has 0 spiro atoms. The molecule has 0 bridgehead atoms. The fraction of sp³-hybridized carbons (Fsp3) is 0.375. The minimum Gasteiger partial charge on any atom is -0.413 e. The number of carbonyl (C=O) groups excluding carboxylic acids is 1. The van der Waals surface area contributed by atoms with Crippen LogP contribution in [0.1, 0.15) is 31.2 Å².